The third-order valence-electron chi connectivity index (χ3n) is 3.21. The average Bonchev–Trinajstić information content (AvgIpc) is 2.77. The molecule has 0 bridgehead atoms. The molecule has 0 spiro atoms. The quantitative estimate of drug-likeness (QED) is 0.865. The van der Waals surface area contributed by atoms with Crippen molar-refractivity contribution in [2.75, 3.05) is 6.54 Å². The fourth-order valence-corrected chi connectivity index (χ4v) is 2.96. The number of rotatable bonds is 2. The number of nitrogens with one attached hydrogen (secondary N) is 1. The van der Waals surface area contributed by atoms with Crippen LogP contribution in [0.5, 0.6) is 0 Å². The van der Waals surface area contributed by atoms with Gasteiger partial charge in [0.1, 0.15) is 5.52 Å². The van der Waals surface area contributed by atoms with Crippen molar-refractivity contribution in [3.8, 4) is 0 Å². The molecule has 4 heteroatoms. The molecule has 1 N–H and O–H groups in total. The van der Waals surface area contributed by atoms with E-state index in [2.05, 4.69) is 33.1 Å². The first-order valence-electron chi connectivity index (χ1n) is 5.86. The molecule has 1 atom stereocenters. The van der Waals surface area contributed by atoms with Crippen LogP contribution in [0.15, 0.2) is 18.2 Å². The summed E-state index contributed by atoms with van der Waals surface area (Å²) in [6.07, 6.45) is 5.13. The van der Waals surface area contributed by atoms with Crippen LogP contribution in [0.2, 0.25) is 0 Å². The molecular weight excluding hydrogens is 218 g/mol. The summed E-state index contributed by atoms with van der Waals surface area (Å²) in [5.74, 6) is 0. The molecule has 84 valence electrons. The molecule has 1 saturated heterocycles. The van der Waals surface area contributed by atoms with E-state index in [0.29, 0.717) is 6.04 Å². The SMILES string of the molecule is c1cc2nnsc2cc1CC1CCCCN1. The van der Waals surface area contributed by atoms with Crippen molar-refractivity contribution in [2.24, 2.45) is 0 Å². The molecule has 3 rings (SSSR count). The number of piperidine rings is 1. The van der Waals surface area contributed by atoms with Crippen LogP contribution in [-0.4, -0.2) is 22.2 Å². The van der Waals surface area contributed by atoms with Crippen LogP contribution >= 0.6 is 11.5 Å². The standard InChI is InChI=1S/C12H15N3S/c1-2-6-13-10(3-1)7-9-4-5-11-12(8-9)16-15-14-11/h4-5,8,10,13H,1-3,6-7H2. The molecule has 0 radical (unpaired) electrons. The number of hydrogen-bond acceptors (Lipinski definition) is 4. The van der Waals surface area contributed by atoms with Crippen LogP contribution in [0.3, 0.4) is 0 Å². The third-order valence-corrected chi connectivity index (χ3v) is 3.89. The minimum absolute atomic E-state index is 0.659. The van der Waals surface area contributed by atoms with E-state index in [4.69, 9.17) is 0 Å². The molecule has 2 aromatic rings. The van der Waals surface area contributed by atoms with Crippen molar-refractivity contribution in [3.63, 3.8) is 0 Å². The highest BCUT2D eigenvalue weighted by Gasteiger charge is 2.13. The number of nitrogens with zero attached hydrogens (tertiary/aromatic N) is 2. The Morgan fingerprint density at radius 3 is 3.25 bits per heavy atom. The molecule has 1 aromatic carbocycles. The maximum absolute atomic E-state index is 4.06. The zero-order valence-electron chi connectivity index (χ0n) is 9.15. The van der Waals surface area contributed by atoms with Gasteiger partial charge in [-0.05, 0) is 55.0 Å². The summed E-state index contributed by atoms with van der Waals surface area (Å²) in [4.78, 5) is 0. The van der Waals surface area contributed by atoms with Gasteiger partial charge in [0, 0.05) is 6.04 Å². The summed E-state index contributed by atoms with van der Waals surface area (Å²) in [5, 5.41) is 7.64. The Bertz CT molecular complexity index is 474. The molecule has 0 saturated carbocycles. The third kappa shape index (κ3) is 2.08. The van der Waals surface area contributed by atoms with E-state index < -0.39 is 0 Å². The van der Waals surface area contributed by atoms with Gasteiger partial charge in [0.2, 0.25) is 0 Å². The van der Waals surface area contributed by atoms with E-state index in [1.165, 1.54) is 47.6 Å². The maximum Gasteiger partial charge on any atom is 0.105 e. The van der Waals surface area contributed by atoms with Gasteiger partial charge < -0.3 is 5.32 Å². The van der Waals surface area contributed by atoms with Crippen molar-refractivity contribution in [2.45, 2.75) is 31.7 Å². The van der Waals surface area contributed by atoms with E-state index in [0.717, 1.165) is 11.9 Å². The van der Waals surface area contributed by atoms with Gasteiger partial charge in [-0.1, -0.05) is 17.0 Å². The molecule has 1 fully saturated rings. The monoisotopic (exact) mass is 233 g/mol. The summed E-state index contributed by atoms with van der Waals surface area (Å²) in [6.45, 7) is 1.18. The second kappa shape index (κ2) is 4.47. The lowest BCUT2D eigenvalue weighted by molar-refractivity contribution is 0.399. The Balaban J connectivity index is 1.77. The Kier molecular flexibility index (Phi) is 2.84. The Labute approximate surface area is 99.0 Å². The molecular formula is C12H15N3S. The van der Waals surface area contributed by atoms with Crippen molar-refractivity contribution in [1.82, 2.24) is 14.9 Å². The van der Waals surface area contributed by atoms with Gasteiger partial charge in [-0.2, -0.15) is 0 Å². The van der Waals surface area contributed by atoms with Crippen molar-refractivity contribution >= 4 is 21.7 Å². The van der Waals surface area contributed by atoms with Crippen LogP contribution in [-0.2, 0) is 6.42 Å². The Morgan fingerprint density at radius 2 is 2.38 bits per heavy atom. The summed E-state index contributed by atoms with van der Waals surface area (Å²) in [5.41, 5.74) is 2.42. The highest BCUT2D eigenvalue weighted by atomic mass is 32.1. The number of fused-ring (bicyclic) bond motifs is 1. The lowest BCUT2D eigenvalue weighted by Gasteiger charge is -2.23. The van der Waals surface area contributed by atoms with Crippen molar-refractivity contribution in [1.29, 1.82) is 0 Å². The fraction of sp³-hybridized carbons (Fsp3) is 0.500. The van der Waals surface area contributed by atoms with Gasteiger partial charge in [0.05, 0.1) is 4.70 Å². The van der Waals surface area contributed by atoms with Crippen LogP contribution in [0.4, 0.5) is 0 Å². The summed E-state index contributed by atoms with van der Waals surface area (Å²) in [6, 6.07) is 7.15. The van der Waals surface area contributed by atoms with E-state index in [-0.39, 0.29) is 0 Å². The normalized spacial score (nSPS) is 21.4. The molecule has 0 aliphatic carbocycles. The van der Waals surface area contributed by atoms with Gasteiger partial charge in [-0.15, -0.1) is 5.10 Å². The fourth-order valence-electron chi connectivity index (χ4n) is 2.33. The zero-order valence-corrected chi connectivity index (χ0v) is 9.96. The lowest BCUT2D eigenvalue weighted by atomic mass is 9.98. The summed E-state index contributed by atoms with van der Waals surface area (Å²) in [7, 11) is 0. The van der Waals surface area contributed by atoms with E-state index in [9.17, 15) is 0 Å². The minimum Gasteiger partial charge on any atom is -0.314 e. The van der Waals surface area contributed by atoms with Gasteiger partial charge >= 0.3 is 0 Å². The van der Waals surface area contributed by atoms with Crippen LogP contribution in [0, 0.1) is 0 Å². The lowest BCUT2D eigenvalue weighted by Crippen LogP contribution is -2.35. The molecule has 1 aliphatic rings. The van der Waals surface area contributed by atoms with Crippen molar-refractivity contribution in [3.05, 3.63) is 23.8 Å². The predicted octanol–water partition coefficient (Wildman–Crippen LogP) is 2.38. The molecule has 16 heavy (non-hydrogen) atoms. The van der Waals surface area contributed by atoms with Crippen LogP contribution in [0.25, 0.3) is 10.2 Å². The van der Waals surface area contributed by atoms with Gasteiger partial charge in [-0.25, -0.2) is 0 Å². The van der Waals surface area contributed by atoms with Gasteiger partial charge in [-0.3, -0.25) is 0 Å². The smallest absolute Gasteiger partial charge is 0.105 e. The second-order valence-electron chi connectivity index (χ2n) is 4.43. The van der Waals surface area contributed by atoms with E-state index >= 15 is 0 Å². The van der Waals surface area contributed by atoms with E-state index in [1.54, 1.807) is 0 Å². The topological polar surface area (TPSA) is 37.8 Å². The summed E-state index contributed by atoms with van der Waals surface area (Å²) < 4.78 is 5.17. The molecule has 3 nitrogen and oxygen atoms in total. The number of benzene rings is 1. The maximum atomic E-state index is 4.06. The minimum atomic E-state index is 0.659. The molecule has 0 amide bonds. The Morgan fingerprint density at radius 1 is 1.38 bits per heavy atom. The largest absolute Gasteiger partial charge is 0.314 e. The molecule has 1 unspecified atom stereocenters. The highest BCUT2D eigenvalue weighted by Crippen LogP contribution is 2.19. The molecule has 2 heterocycles. The second-order valence-corrected chi connectivity index (χ2v) is 5.21. The number of hydrogen-bond donors (Lipinski definition) is 1. The van der Waals surface area contributed by atoms with Crippen LogP contribution in [0.1, 0.15) is 24.8 Å². The van der Waals surface area contributed by atoms with Crippen molar-refractivity contribution < 1.29 is 0 Å². The first-order valence-corrected chi connectivity index (χ1v) is 6.63. The van der Waals surface area contributed by atoms with Gasteiger partial charge in [0.15, 0.2) is 0 Å². The summed E-state index contributed by atoms with van der Waals surface area (Å²) >= 11 is 1.48. The number of aromatic nitrogens is 2. The van der Waals surface area contributed by atoms with Gasteiger partial charge in [0.25, 0.3) is 0 Å². The first kappa shape index (κ1) is 10.2. The predicted molar refractivity (Wildman–Crippen MR) is 66.8 cm³/mol. The molecule has 1 aliphatic heterocycles. The first-order chi connectivity index (χ1) is 7.92. The Hall–Kier alpha value is -1.00. The molecule has 1 aromatic heterocycles. The highest BCUT2D eigenvalue weighted by molar-refractivity contribution is 7.12. The van der Waals surface area contributed by atoms with Crippen LogP contribution < -0.4 is 5.32 Å². The average molecular weight is 233 g/mol. The zero-order chi connectivity index (χ0) is 10.8. The van der Waals surface area contributed by atoms with E-state index in [1.807, 2.05) is 0 Å².